The molecule has 8 heteroatoms. The maximum Gasteiger partial charge on any atom is 0.264 e. The SMILES string of the molecule is Cc1nnc2sc(C(=O)NCC(N)=O)c(N)c2c1C. The molecule has 7 nitrogen and oxygen atoms in total. The van der Waals surface area contributed by atoms with Gasteiger partial charge in [0.1, 0.15) is 9.71 Å². The summed E-state index contributed by atoms with van der Waals surface area (Å²) in [7, 11) is 0. The summed E-state index contributed by atoms with van der Waals surface area (Å²) in [6, 6.07) is 0. The van der Waals surface area contributed by atoms with Crippen molar-refractivity contribution in [3.63, 3.8) is 0 Å². The molecule has 0 fully saturated rings. The Morgan fingerprint density at radius 2 is 2.00 bits per heavy atom. The van der Waals surface area contributed by atoms with Gasteiger partial charge in [-0.05, 0) is 19.4 Å². The number of hydrogen-bond donors (Lipinski definition) is 3. The monoisotopic (exact) mass is 279 g/mol. The summed E-state index contributed by atoms with van der Waals surface area (Å²) >= 11 is 1.14. The molecular weight excluding hydrogens is 266 g/mol. The summed E-state index contributed by atoms with van der Waals surface area (Å²) in [5, 5.41) is 11.2. The van der Waals surface area contributed by atoms with Gasteiger partial charge in [0.25, 0.3) is 5.91 Å². The number of nitrogens with one attached hydrogen (secondary N) is 1. The standard InChI is InChI=1S/C11H13N5O2S/c1-4-5(2)15-16-11-7(4)8(13)9(19-11)10(18)14-3-6(12)17/h3,13H2,1-2H3,(H2,12,17)(H,14,18). The molecule has 2 heterocycles. The first kappa shape index (κ1) is 13.2. The van der Waals surface area contributed by atoms with Gasteiger partial charge in [0.2, 0.25) is 5.91 Å². The Balaban J connectivity index is 2.45. The number of aryl methyl sites for hydroxylation is 2. The summed E-state index contributed by atoms with van der Waals surface area (Å²) < 4.78 is 0. The summed E-state index contributed by atoms with van der Waals surface area (Å²) in [5.41, 5.74) is 13.0. The lowest BCUT2D eigenvalue weighted by Gasteiger charge is -2.02. The van der Waals surface area contributed by atoms with Crippen LogP contribution in [-0.4, -0.2) is 28.6 Å². The number of nitrogen functional groups attached to an aromatic ring is 1. The number of anilines is 1. The lowest BCUT2D eigenvalue weighted by molar-refractivity contribution is -0.117. The minimum Gasteiger partial charge on any atom is -0.397 e. The van der Waals surface area contributed by atoms with E-state index >= 15 is 0 Å². The first-order valence-corrected chi connectivity index (χ1v) is 6.31. The molecule has 0 saturated carbocycles. The molecule has 0 radical (unpaired) electrons. The second kappa shape index (κ2) is 4.81. The van der Waals surface area contributed by atoms with Gasteiger partial charge < -0.3 is 16.8 Å². The Bertz CT molecular complexity index is 679. The lowest BCUT2D eigenvalue weighted by Crippen LogP contribution is -2.33. The van der Waals surface area contributed by atoms with E-state index in [0.29, 0.717) is 15.4 Å². The molecule has 0 aliphatic heterocycles. The number of amides is 2. The third-order valence-electron chi connectivity index (χ3n) is 2.76. The van der Waals surface area contributed by atoms with Crippen LogP contribution in [0, 0.1) is 13.8 Å². The minimum absolute atomic E-state index is 0.226. The van der Waals surface area contributed by atoms with E-state index in [4.69, 9.17) is 11.5 Å². The van der Waals surface area contributed by atoms with Gasteiger partial charge in [-0.3, -0.25) is 9.59 Å². The highest BCUT2D eigenvalue weighted by Gasteiger charge is 2.19. The number of thiophene rings is 1. The van der Waals surface area contributed by atoms with E-state index in [1.165, 1.54) is 0 Å². The van der Waals surface area contributed by atoms with Crippen LogP contribution < -0.4 is 16.8 Å². The van der Waals surface area contributed by atoms with Crippen LogP contribution in [0.4, 0.5) is 5.69 Å². The number of nitrogens with zero attached hydrogens (tertiary/aromatic N) is 2. The maximum absolute atomic E-state index is 11.9. The predicted octanol–water partition coefficient (Wildman–Crippen LogP) is 0.105. The molecule has 2 aromatic rings. The average Bonchev–Trinajstić information content (AvgIpc) is 2.69. The van der Waals surface area contributed by atoms with Gasteiger partial charge in [-0.15, -0.1) is 16.4 Å². The molecule has 0 spiro atoms. The van der Waals surface area contributed by atoms with Crippen LogP contribution in [0.25, 0.3) is 10.2 Å². The number of carbonyl (C=O) groups is 2. The minimum atomic E-state index is -0.611. The molecule has 0 aliphatic carbocycles. The molecular formula is C11H13N5O2S. The van der Waals surface area contributed by atoms with Crippen molar-refractivity contribution in [2.45, 2.75) is 13.8 Å². The number of hydrogen-bond acceptors (Lipinski definition) is 6. The van der Waals surface area contributed by atoms with Crippen molar-refractivity contribution in [2.75, 3.05) is 12.3 Å². The third kappa shape index (κ3) is 2.34. The summed E-state index contributed by atoms with van der Waals surface area (Å²) in [6.07, 6.45) is 0. The van der Waals surface area contributed by atoms with Gasteiger partial charge in [0.05, 0.1) is 17.9 Å². The van der Waals surface area contributed by atoms with Gasteiger partial charge in [-0.2, -0.15) is 5.10 Å². The number of carbonyl (C=O) groups excluding carboxylic acids is 2. The fraction of sp³-hybridized carbons (Fsp3) is 0.273. The maximum atomic E-state index is 11.9. The van der Waals surface area contributed by atoms with Crippen molar-refractivity contribution >= 4 is 39.1 Å². The zero-order valence-electron chi connectivity index (χ0n) is 10.5. The van der Waals surface area contributed by atoms with Crippen LogP contribution >= 0.6 is 11.3 Å². The largest absolute Gasteiger partial charge is 0.397 e. The van der Waals surface area contributed by atoms with E-state index in [9.17, 15) is 9.59 Å². The molecule has 0 saturated heterocycles. The lowest BCUT2D eigenvalue weighted by atomic mass is 10.1. The van der Waals surface area contributed by atoms with Crippen LogP contribution in [0.15, 0.2) is 0 Å². The Hall–Kier alpha value is -2.22. The second-order valence-corrected chi connectivity index (χ2v) is 5.08. The first-order valence-electron chi connectivity index (χ1n) is 5.50. The van der Waals surface area contributed by atoms with Crippen LogP contribution in [-0.2, 0) is 4.79 Å². The molecule has 2 aromatic heterocycles. The smallest absolute Gasteiger partial charge is 0.264 e. The van der Waals surface area contributed by atoms with Gasteiger partial charge in [-0.25, -0.2) is 0 Å². The van der Waals surface area contributed by atoms with Gasteiger partial charge in [-0.1, -0.05) is 0 Å². The highest BCUT2D eigenvalue weighted by Crippen LogP contribution is 2.34. The van der Waals surface area contributed by atoms with E-state index in [0.717, 1.165) is 28.0 Å². The van der Waals surface area contributed by atoms with Crippen molar-refractivity contribution in [1.82, 2.24) is 15.5 Å². The van der Waals surface area contributed by atoms with Crippen molar-refractivity contribution in [1.29, 1.82) is 0 Å². The fourth-order valence-electron chi connectivity index (χ4n) is 1.66. The Kier molecular flexibility index (Phi) is 3.34. The average molecular weight is 279 g/mol. The zero-order chi connectivity index (χ0) is 14.2. The van der Waals surface area contributed by atoms with Gasteiger partial charge >= 0.3 is 0 Å². The van der Waals surface area contributed by atoms with Crippen LogP contribution in [0.1, 0.15) is 20.9 Å². The molecule has 0 aliphatic rings. The predicted molar refractivity (Wildman–Crippen MR) is 72.8 cm³/mol. The molecule has 2 rings (SSSR count). The molecule has 2 amide bonds. The second-order valence-electron chi connectivity index (χ2n) is 4.08. The van der Waals surface area contributed by atoms with Crippen molar-refractivity contribution in [2.24, 2.45) is 5.73 Å². The zero-order valence-corrected chi connectivity index (χ0v) is 11.3. The van der Waals surface area contributed by atoms with Crippen molar-refractivity contribution in [3.05, 3.63) is 16.1 Å². The molecule has 0 unspecified atom stereocenters. The van der Waals surface area contributed by atoms with Crippen molar-refractivity contribution in [3.8, 4) is 0 Å². The van der Waals surface area contributed by atoms with Crippen LogP contribution in [0.2, 0.25) is 0 Å². The third-order valence-corrected chi connectivity index (χ3v) is 3.85. The molecule has 5 N–H and O–H groups in total. The van der Waals surface area contributed by atoms with Crippen molar-refractivity contribution < 1.29 is 9.59 Å². The molecule has 0 atom stereocenters. The normalized spacial score (nSPS) is 10.6. The van der Waals surface area contributed by atoms with Crippen LogP contribution in [0.3, 0.4) is 0 Å². The molecule has 19 heavy (non-hydrogen) atoms. The number of primary amides is 1. The molecule has 100 valence electrons. The van der Waals surface area contributed by atoms with E-state index in [2.05, 4.69) is 15.5 Å². The molecule has 0 aromatic carbocycles. The quantitative estimate of drug-likeness (QED) is 0.735. The van der Waals surface area contributed by atoms with Crippen LogP contribution in [0.5, 0.6) is 0 Å². The molecule has 0 bridgehead atoms. The number of aromatic nitrogens is 2. The number of fused-ring (bicyclic) bond motifs is 1. The number of rotatable bonds is 3. The van der Waals surface area contributed by atoms with Gasteiger partial charge in [0.15, 0.2) is 0 Å². The van der Waals surface area contributed by atoms with E-state index in [-0.39, 0.29) is 6.54 Å². The van der Waals surface area contributed by atoms with E-state index in [1.807, 2.05) is 13.8 Å². The number of nitrogens with two attached hydrogens (primary N) is 2. The Morgan fingerprint density at radius 3 is 2.63 bits per heavy atom. The van der Waals surface area contributed by atoms with E-state index in [1.54, 1.807) is 0 Å². The fourth-order valence-corrected chi connectivity index (χ4v) is 2.67. The Morgan fingerprint density at radius 1 is 1.32 bits per heavy atom. The Labute approximate surface area is 113 Å². The topological polar surface area (TPSA) is 124 Å². The summed E-state index contributed by atoms with van der Waals surface area (Å²) in [5.74, 6) is -1.05. The summed E-state index contributed by atoms with van der Waals surface area (Å²) in [6.45, 7) is 3.47. The highest BCUT2D eigenvalue weighted by molar-refractivity contribution is 7.21. The van der Waals surface area contributed by atoms with E-state index < -0.39 is 11.8 Å². The highest BCUT2D eigenvalue weighted by atomic mass is 32.1. The van der Waals surface area contributed by atoms with Gasteiger partial charge in [0, 0.05) is 5.39 Å². The first-order chi connectivity index (χ1) is 8.91. The summed E-state index contributed by atoms with van der Waals surface area (Å²) in [4.78, 5) is 23.5.